The van der Waals surface area contributed by atoms with E-state index >= 15 is 0 Å². The molecule has 0 bridgehead atoms. The number of anilines is 1. The Morgan fingerprint density at radius 3 is 2.50 bits per heavy atom. The molecule has 4 rings (SSSR count). The molecule has 246 valence electrons. The van der Waals surface area contributed by atoms with E-state index < -0.39 is 31.6 Å². The molecule has 2 aromatic rings. The zero-order valence-corrected chi connectivity index (χ0v) is 28.4. The summed E-state index contributed by atoms with van der Waals surface area (Å²) in [4.78, 5) is 24.1. The van der Waals surface area contributed by atoms with Gasteiger partial charge in [0.1, 0.15) is 5.60 Å². The predicted molar refractivity (Wildman–Crippen MR) is 170 cm³/mol. The van der Waals surface area contributed by atoms with Crippen LogP contribution in [0.25, 0.3) is 11.0 Å². The molecule has 44 heavy (non-hydrogen) atoms. The third-order valence-corrected chi connectivity index (χ3v) is 9.73. The van der Waals surface area contributed by atoms with E-state index in [4.69, 9.17) is 39.6 Å². The van der Waals surface area contributed by atoms with Gasteiger partial charge in [0.2, 0.25) is 13.7 Å². The number of ether oxygens (including phenoxy) is 4. The van der Waals surface area contributed by atoms with Crippen molar-refractivity contribution in [2.75, 3.05) is 38.4 Å². The first-order chi connectivity index (χ1) is 21.1. The molecule has 0 N–H and O–H groups in total. The minimum atomic E-state index is -1.41. The molecule has 2 fully saturated rings. The highest BCUT2D eigenvalue weighted by Crippen LogP contribution is 2.55. The van der Waals surface area contributed by atoms with Crippen molar-refractivity contribution in [1.82, 2.24) is 19.7 Å². The monoisotopic (exact) mass is 655 g/mol. The van der Waals surface area contributed by atoms with Crippen LogP contribution in [0.15, 0.2) is 18.9 Å². The SMILES string of the molecule is C=CCC(COC)(OCC1CCC(n2ncc3c(N(C(=O)OC(C)(C)C)C4CCCC4)nc(Cl)nc32)O1)P(OCC)OCC. The third-order valence-electron chi connectivity index (χ3n) is 7.47. The number of methoxy groups -OCH3 is 1. The summed E-state index contributed by atoms with van der Waals surface area (Å²) >= 11 is 6.47. The van der Waals surface area contributed by atoms with Crippen molar-refractivity contribution in [1.29, 1.82) is 0 Å². The number of fused-ring (bicyclic) bond motifs is 1. The van der Waals surface area contributed by atoms with Gasteiger partial charge in [-0.25, -0.2) is 9.48 Å². The maximum absolute atomic E-state index is 13.5. The summed E-state index contributed by atoms with van der Waals surface area (Å²) in [5, 5.41) is 4.45. The first-order valence-electron chi connectivity index (χ1n) is 15.4. The summed E-state index contributed by atoms with van der Waals surface area (Å²) in [5.74, 6) is 0.402. The fraction of sp³-hybridized carbons (Fsp3) is 0.733. The first kappa shape index (κ1) is 34.9. The molecular weight excluding hydrogens is 609 g/mol. The molecule has 0 aromatic carbocycles. The van der Waals surface area contributed by atoms with Crippen LogP contribution in [0.3, 0.4) is 0 Å². The summed E-state index contributed by atoms with van der Waals surface area (Å²) in [7, 11) is 0.225. The average molecular weight is 656 g/mol. The second-order valence-corrected chi connectivity index (χ2v) is 14.2. The maximum Gasteiger partial charge on any atom is 0.416 e. The molecule has 0 spiro atoms. The number of aromatic nitrogens is 4. The van der Waals surface area contributed by atoms with Crippen LogP contribution in [0, 0.1) is 0 Å². The van der Waals surface area contributed by atoms with Crippen LogP contribution in [0.5, 0.6) is 0 Å². The molecule has 3 heterocycles. The van der Waals surface area contributed by atoms with E-state index in [1.807, 2.05) is 34.6 Å². The van der Waals surface area contributed by atoms with E-state index in [1.165, 1.54) is 0 Å². The quantitative estimate of drug-likeness (QED) is 0.111. The molecule has 0 radical (unpaired) electrons. The number of amides is 1. The van der Waals surface area contributed by atoms with Crippen LogP contribution < -0.4 is 4.90 Å². The largest absolute Gasteiger partial charge is 0.443 e. The lowest BCUT2D eigenvalue weighted by atomic mass is 10.2. The minimum Gasteiger partial charge on any atom is -0.443 e. The van der Waals surface area contributed by atoms with E-state index in [2.05, 4.69) is 21.6 Å². The molecule has 3 unspecified atom stereocenters. The second kappa shape index (κ2) is 15.6. The van der Waals surface area contributed by atoms with Crippen LogP contribution in [-0.2, 0) is 28.0 Å². The van der Waals surface area contributed by atoms with Crippen molar-refractivity contribution in [3.8, 4) is 0 Å². The van der Waals surface area contributed by atoms with Gasteiger partial charge in [-0.15, -0.1) is 6.58 Å². The number of rotatable bonds is 15. The minimum absolute atomic E-state index is 0.0210. The van der Waals surface area contributed by atoms with Crippen molar-refractivity contribution in [2.45, 2.75) is 109 Å². The molecule has 2 aromatic heterocycles. The van der Waals surface area contributed by atoms with Gasteiger partial charge in [0.25, 0.3) is 0 Å². The zero-order chi connectivity index (χ0) is 31.9. The van der Waals surface area contributed by atoms with Gasteiger partial charge in [-0.1, -0.05) is 18.9 Å². The van der Waals surface area contributed by atoms with Crippen molar-refractivity contribution < 1.29 is 32.8 Å². The van der Waals surface area contributed by atoms with Crippen LogP contribution in [0.2, 0.25) is 5.28 Å². The van der Waals surface area contributed by atoms with Crippen molar-refractivity contribution in [2.24, 2.45) is 0 Å². The van der Waals surface area contributed by atoms with E-state index in [1.54, 1.807) is 29.0 Å². The number of nitrogens with zero attached hydrogens (tertiary/aromatic N) is 5. The van der Waals surface area contributed by atoms with Gasteiger partial charge >= 0.3 is 6.09 Å². The summed E-state index contributed by atoms with van der Waals surface area (Å²) in [6, 6.07) is -0.0478. The highest BCUT2D eigenvalue weighted by molar-refractivity contribution is 7.49. The number of carbonyl (C=O) groups is 1. The van der Waals surface area contributed by atoms with Gasteiger partial charge < -0.3 is 28.0 Å². The van der Waals surface area contributed by atoms with E-state index in [9.17, 15) is 4.79 Å². The van der Waals surface area contributed by atoms with Gasteiger partial charge in [-0.2, -0.15) is 15.1 Å². The molecule has 1 amide bonds. The Morgan fingerprint density at radius 2 is 1.89 bits per heavy atom. The van der Waals surface area contributed by atoms with Gasteiger partial charge in [0, 0.05) is 19.6 Å². The lowest BCUT2D eigenvalue weighted by molar-refractivity contribution is -0.0967. The maximum atomic E-state index is 13.5. The molecule has 1 saturated carbocycles. The predicted octanol–water partition coefficient (Wildman–Crippen LogP) is 7.16. The molecule has 14 heteroatoms. The van der Waals surface area contributed by atoms with Crippen LogP contribution in [-0.4, -0.2) is 82.5 Å². The molecule has 2 aliphatic rings. The first-order valence-corrected chi connectivity index (χ1v) is 17.0. The fourth-order valence-corrected chi connectivity index (χ4v) is 7.56. The smallest absolute Gasteiger partial charge is 0.416 e. The second-order valence-electron chi connectivity index (χ2n) is 12.0. The number of carbonyl (C=O) groups excluding carboxylic acids is 1. The fourth-order valence-electron chi connectivity index (χ4n) is 5.70. The zero-order valence-electron chi connectivity index (χ0n) is 26.8. The summed E-state index contributed by atoms with van der Waals surface area (Å²) in [6.45, 7) is 14.9. The summed E-state index contributed by atoms with van der Waals surface area (Å²) in [6.07, 6.45) is 8.09. The number of hydrogen-bond donors (Lipinski definition) is 0. The van der Waals surface area contributed by atoms with Crippen LogP contribution in [0.1, 0.15) is 85.8 Å². The van der Waals surface area contributed by atoms with Crippen LogP contribution >= 0.6 is 20.0 Å². The highest BCUT2D eigenvalue weighted by atomic mass is 35.5. The van der Waals surface area contributed by atoms with Crippen molar-refractivity contribution in [3.05, 3.63) is 24.1 Å². The van der Waals surface area contributed by atoms with Crippen LogP contribution in [0.4, 0.5) is 10.6 Å². The standard InChI is InChI=1S/C30H47ClN5O7P/c1-8-17-30(20-38-7,44(40-9-2)41-10-3)39-19-22-15-16-24(42-22)36-26-23(18-32-36)25(33-27(31)34-26)35(21-13-11-12-14-21)28(37)43-29(4,5)6/h8,18,21-22,24H,1,9-17,19-20H2,2-7H3. The van der Waals surface area contributed by atoms with E-state index in [0.717, 1.165) is 32.1 Å². The lowest BCUT2D eigenvalue weighted by Gasteiger charge is -2.38. The summed E-state index contributed by atoms with van der Waals surface area (Å²) in [5.41, 5.74) is -0.170. The van der Waals surface area contributed by atoms with E-state index in [-0.39, 0.29) is 24.0 Å². The van der Waals surface area contributed by atoms with Gasteiger partial charge in [-0.05, 0) is 71.9 Å². The lowest BCUT2D eigenvalue weighted by Crippen LogP contribution is -2.43. The number of hydrogen-bond acceptors (Lipinski definition) is 10. The summed E-state index contributed by atoms with van der Waals surface area (Å²) < 4.78 is 38.0. The average Bonchev–Trinajstić information content (AvgIpc) is 3.72. The van der Waals surface area contributed by atoms with Gasteiger partial charge in [0.05, 0.1) is 44.1 Å². The molecule has 12 nitrogen and oxygen atoms in total. The van der Waals surface area contributed by atoms with Gasteiger partial charge in [0.15, 0.2) is 23.0 Å². The van der Waals surface area contributed by atoms with E-state index in [0.29, 0.717) is 49.5 Å². The Morgan fingerprint density at radius 1 is 1.18 bits per heavy atom. The Hall–Kier alpha value is -1.92. The topological polar surface area (TPSA) is 119 Å². The highest BCUT2D eigenvalue weighted by Gasteiger charge is 2.44. The Kier molecular flexibility index (Phi) is 12.4. The molecule has 1 saturated heterocycles. The molecular formula is C30H47ClN5O7P. The Labute approximate surface area is 266 Å². The van der Waals surface area contributed by atoms with Crippen molar-refractivity contribution >= 4 is 42.9 Å². The normalized spacial score (nSPS) is 20.8. The Balaban J connectivity index is 1.57. The van der Waals surface area contributed by atoms with Gasteiger partial charge in [-0.3, -0.25) is 4.90 Å². The molecule has 1 aliphatic heterocycles. The molecule has 3 atom stereocenters. The molecule has 1 aliphatic carbocycles. The third kappa shape index (κ3) is 8.26. The van der Waals surface area contributed by atoms with Crippen molar-refractivity contribution in [3.63, 3.8) is 0 Å². The Bertz CT molecular complexity index is 1250. The number of halogens is 1.